The van der Waals surface area contributed by atoms with Crippen molar-refractivity contribution < 1.29 is 4.79 Å². The first-order valence-electron chi connectivity index (χ1n) is 6.23. The van der Waals surface area contributed by atoms with Gasteiger partial charge in [-0.15, -0.1) is 11.3 Å². The zero-order chi connectivity index (χ0) is 13.1. The maximum atomic E-state index is 12.0. The number of piperidine rings is 1. The van der Waals surface area contributed by atoms with Crippen LogP contribution < -0.4 is 0 Å². The molecule has 0 N–H and O–H groups in total. The fourth-order valence-corrected chi connectivity index (χ4v) is 3.31. The van der Waals surface area contributed by atoms with Crippen molar-refractivity contribution in [1.29, 1.82) is 0 Å². The van der Waals surface area contributed by atoms with E-state index in [1.807, 2.05) is 6.07 Å². The van der Waals surface area contributed by atoms with Gasteiger partial charge in [-0.05, 0) is 39.1 Å². The zero-order valence-electron chi connectivity index (χ0n) is 10.9. The second kappa shape index (κ2) is 6.15. The van der Waals surface area contributed by atoms with Gasteiger partial charge in [-0.2, -0.15) is 0 Å². The third-order valence-electron chi connectivity index (χ3n) is 3.50. The van der Waals surface area contributed by atoms with E-state index in [-0.39, 0.29) is 5.78 Å². The van der Waals surface area contributed by atoms with Gasteiger partial charge in [0.2, 0.25) is 0 Å². The van der Waals surface area contributed by atoms with Crippen molar-refractivity contribution in [1.82, 2.24) is 9.80 Å². The van der Waals surface area contributed by atoms with Crippen molar-refractivity contribution in [3.05, 3.63) is 21.3 Å². The fraction of sp³-hybridized carbons (Fsp3) is 0.615. The minimum absolute atomic E-state index is 0.190. The number of rotatable bonds is 4. The molecular weight excluding hydrogens is 268 g/mol. The highest BCUT2D eigenvalue weighted by Crippen LogP contribution is 2.22. The normalized spacial score (nSPS) is 18.4. The fourth-order valence-electron chi connectivity index (χ4n) is 2.34. The molecular formula is C13H19ClN2OS. The van der Waals surface area contributed by atoms with Gasteiger partial charge in [-0.25, -0.2) is 0 Å². The largest absolute Gasteiger partial charge is 0.306 e. The molecule has 0 unspecified atom stereocenters. The van der Waals surface area contributed by atoms with E-state index >= 15 is 0 Å². The summed E-state index contributed by atoms with van der Waals surface area (Å²) in [6.45, 7) is 2.54. The summed E-state index contributed by atoms with van der Waals surface area (Å²) in [5, 5.41) is 0. The van der Waals surface area contributed by atoms with Crippen LogP contribution in [0.1, 0.15) is 22.5 Å². The number of carbonyl (C=O) groups is 1. The average Bonchev–Trinajstić information content (AvgIpc) is 2.76. The Kier molecular flexibility index (Phi) is 4.78. The highest BCUT2D eigenvalue weighted by Gasteiger charge is 2.22. The Morgan fingerprint density at radius 2 is 2.11 bits per heavy atom. The van der Waals surface area contributed by atoms with Crippen LogP contribution >= 0.6 is 22.9 Å². The minimum Gasteiger partial charge on any atom is -0.306 e. The van der Waals surface area contributed by atoms with Crippen LogP contribution in [0.4, 0.5) is 0 Å². The van der Waals surface area contributed by atoms with Crippen LogP contribution in [0.15, 0.2) is 12.1 Å². The lowest BCUT2D eigenvalue weighted by Gasteiger charge is -2.34. The Morgan fingerprint density at radius 3 is 2.61 bits per heavy atom. The molecule has 0 aromatic carbocycles. The maximum Gasteiger partial charge on any atom is 0.186 e. The number of nitrogens with zero attached hydrogens (tertiary/aromatic N) is 2. The summed E-state index contributed by atoms with van der Waals surface area (Å²) in [5.41, 5.74) is 0. The summed E-state index contributed by atoms with van der Waals surface area (Å²) in [6, 6.07) is 4.27. The zero-order valence-corrected chi connectivity index (χ0v) is 12.4. The molecule has 2 rings (SSSR count). The van der Waals surface area contributed by atoms with Gasteiger partial charge in [-0.3, -0.25) is 9.69 Å². The Bertz CT molecular complexity index is 411. The van der Waals surface area contributed by atoms with E-state index in [0.29, 0.717) is 16.9 Å². The van der Waals surface area contributed by atoms with Crippen LogP contribution in [0.2, 0.25) is 4.34 Å². The predicted octanol–water partition coefficient (Wildman–Crippen LogP) is 2.61. The van der Waals surface area contributed by atoms with E-state index in [2.05, 4.69) is 23.9 Å². The van der Waals surface area contributed by atoms with E-state index in [4.69, 9.17) is 11.6 Å². The van der Waals surface area contributed by atoms with Gasteiger partial charge in [0, 0.05) is 19.1 Å². The van der Waals surface area contributed by atoms with Crippen LogP contribution in [0.5, 0.6) is 0 Å². The molecule has 2 heterocycles. The van der Waals surface area contributed by atoms with Crippen molar-refractivity contribution in [3.8, 4) is 0 Å². The monoisotopic (exact) mass is 286 g/mol. The Balaban J connectivity index is 1.83. The summed E-state index contributed by atoms with van der Waals surface area (Å²) < 4.78 is 0.685. The lowest BCUT2D eigenvalue weighted by atomic mass is 10.0. The predicted molar refractivity (Wildman–Crippen MR) is 76.8 cm³/mol. The summed E-state index contributed by atoms with van der Waals surface area (Å²) in [5.74, 6) is 0.190. The molecule has 5 heteroatoms. The quantitative estimate of drug-likeness (QED) is 0.795. The SMILES string of the molecule is CN(C)C1CCN(CC(=O)c2ccc(Cl)s2)CC1. The van der Waals surface area contributed by atoms with E-state index in [0.717, 1.165) is 30.8 Å². The highest BCUT2D eigenvalue weighted by molar-refractivity contribution is 7.18. The van der Waals surface area contributed by atoms with Crippen LogP contribution in [-0.4, -0.2) is 55.4 Å². The summed E-state index contributed by atoms with van der Waals surface area (Å²) in [6.07, 6.45) is 2.29. The lowest BCUT2D eigenvalue weighted by molar-refractivity contribution is 0.0878. The summed E-state index contributed by atoms with van der Waals surface area (Å²) in [7, 11) is 4.25. The molecule has 1 aromatic rings. The molecule has 0 bridgehead atoms. The van der Waals surface area contributed by atoms with Gasteiger partial charge < -0.3 is 4.90 Å². The second-order valence-electron chi connectivity index (χ2n) is 5.00. The van der Waals surface area contributed by atoms with Gasteiger partial charge >= 0.3 is 0 Å². The molecule has 0 atom stereocenters. The molecule has 1 aromatic heterocycles. The minimum atomic E-state index is 0.190. The van der Waals surface area contributed by atoms with Crippen LogP contribution in [0.3, 0.4) is 0 Å². The van der Waals surface area contributed by atoms with E-state index < -0.39 is 0 Å². The molecule has 18 heavy (non-hydrogen) atoms. The van der Waals surface area contributed by atoms with Crippen LogP contribution in [0.25, 0.3) is 0 Å². The third kappa shape index (κ3) is 3.54. The second-order valence-corrected chi connectivity index (χ2v) is 6.71. The first kappa shape index (κ1) is 14.0. The number of ketones is 1. The van der Waals surface area contributed by atoms with Gasteiger partial charge in [0.15, 0.2) is 5.78 Å². The molecule has 1 aliphatic rings. The number of halogens is 1. The Hall–Kier alpha value is -0.420. The number of Topliss-reactive ketones (excluding diaryl/α,β-unsaturated/α-hetero) is 1. The maximum absolute atomic E-state index is 12.0. The van der Waals surface area contributed by atoms with Gasteiger partial charge in [0.1, 0.15) is 0 Å². The van der Waals surface area contributed by atoms with Crippen molar-refractivity contribution in [2.24, 2.45) is 0 Å². The van der Waals surface area contributed by atoms with Crippen molar-refractivity contribution >= 4 is 28.7 Å². The topological polar surface area (TPSA) is 23.6 Å². The molecule has 0 spiro atoms. The lowest BCUT2D eigenvalue weighted by Crippen LogP contribution is -2.43. The third-order valence-corrected chi connectivity index (χ3v) is 4.77. The molecule has 100 valence electrons. The standard InChI is InChI=1S/C13H19ClN2OS/c1-15(2)10-5-7-16(8-6-10)9-11(17)12-3-4-13(14)18-12/h3-4,10H,5-9H2,1-2H3. The number of carbonyl (C=O) groups excluding carboxylic acids is 1. The molecule has 1 aliphatic heterocycles. The molecule has 0 saturated carbocycles. The molecule has 3 nitrogen and oxygen atoms in total. The summed E-state index contributed by atoms with van der Waals surface area (Å²) in [4.78, 5) is 17.3. The van der Waals surface area contributed by atoms with E-state index in [9.17, 15) is 4.79 Å². The summed E-state index contributed by atoms with van der Waals surface area (Å²) >= 11 is 7.22. The Labute approximate surface area is 117 Å². The first-order chi connectivity index (χ1) is 8.56. The molecule has 1 saturated heterocycles. The number of likely N-dealkylation sites (tertiary alicyclic amines) is 1. The number of thiophene rings is 1. The van der Waals surface area contributed by atoms with Crippen molar-refractivity contribution in [2.75, 3.05) is 33.7 Å². The van der Waals surface area contributed by atoms with Crippen LogP contribution in [0, 0.1) is 0 Å². The molecule has 0 aliphatic carbocycles. The molecule has 0 radical (unpaired) electrons. The average molecular weight is 287 g/mol. The first-order valence-corrected chi connectivity index (χ1v) is 7.43. The number of hydrogen-bond donors (Lipinski definition) is 0. The number of hydrogen-bond acceptors (Lipinski definition) is 4. The van der Waals surface area contributed by atoms with E-state index in [1.54, 1.807) is 6.07 Å². The Morgan fingerprint density at radius 1 is 1.44 bits per heavy atom. The van der Waals surface area contributed by atoms with E-state index in [1.165, 1.54) is 11.3 Å². The highest BCUT2D eigenvalue weighted by atomic mass is 35.5. The molecule has 1 fully saturated rings. The van der Waals surface area contributed by atoms with Crippen molar-refractivity contribution in [3.63, 3.8) is 0 Å². The van der Waals surface area contributed by atoms with Crippen LogP contribution in [-0.2, 0) is 0 Å². The van der Waals surface area contributed by atoms with Gasteiger partial charge in [-0.1, -0.05) is 11.6 Å². The van der Waals surface area contributed by atoms with Crippen molar-refractivity contribution in [2.45, 2.75) is 18.9 Å². The molecule has 0 amide bonds. The smallest absolute Gasteiger partial charge is 0.186 e. The van der Waals surface area contributed by atoms with Gasteiger partial charge in [0.25, 0.3) is 0 Å². The van der Waals surface area contributed by atoms with Gasteiger partial charge in [0.05, 0.1) is 15.8 Å².